The smallest absolute Gasteiger partial charge is 0.246 e. The van der Waals surface area contributed by atoms with Crippen LogP contribution in [-0.4, -0.2) is 73.0 Å². The Kier molecular flexibility index (Phi) is 9.92. The lowest BCUT2D eigenvalue weighted by atomic mass is 10.2. The van der Waals surface area contributed by atoms with Gasteiger partial charge in [0.2, 0.25) is 5.91 Å². The first-order valence-electron chi connectivity index (χ1n) is 8.83. The van der Waals surface area contributed by atoms with E-state index in [1.54, 1.807) is 22.8 Å². The maximum absolute atomic E-state index is 12.5. The van der Waals surface area contributed by atoms with Gasteiger partial charge in [-0.3, -0.25) is 14.5 Å². The highest BCUT2D eigenvalue weighted by Crippen LogP contribution is 2.15. The molecule has 1 fully saturated rings. The van der Waals surface area contributed by atoms with Crippen LogP contribution in [0.3, 0.4) is 0 Å². The summed E-state index contributed by atoms with van der Waals surface area (Å²) >= 11 is 0. The van der Waals surface area contributed by atoms with Crippen molar-refractivity contribution in [1.82, 2.24) is 20.0 Å². The summed E-state index contributed by atoms with van der Waals surface area (Å²) in [4.78, 5) is 20.5. The summed E-state index contributed by atoms with van der Waals surface area (Å²) in [5.41, 5.74) is 0.845. The molecule has 0 radical (unpaired) electrons. The standard InChI is InChI=1S/C17H30N6O2.HI/c1-14(2)13-25-9-5-6-19-17(18-3)22-7-8-23(16(24)12-22)15-10-20-21(4)11-15;/h10-11,14H,5-9,12-13H2,1-4H3,(H,18,19);1H. The minimum absolute atomic E-state index is 0. The van der Waals surface area contributed by atoms with Crippen LogP contribution >= 0.6 is 24.0 Å². The van der Waals surface area contributed by atoms with Gasteiger partial charge in [-0.25, -0.2) is 0 Å². The molecule has 1 saturated heterocycles. The number of carbonyl (C=O) groups is 1. The number of aliphatic imine (C=N–C) groups is 1. The Morgan fingerprint density at radius 1 is 1.42 bits per heavy atom. The third kappa shape index (κ3) is 6.75. The monoisotopic (exact) mass is 478 g/mol. The molecule has 8 nitrogen and oxygen atoms in total. The Morgan fingerprint density at radius 3 is 2.77 bits per heavy atom. The van der Waals surface area contributed by atoms with Crippen LogP contribution in [0.15, 0.2) is 17.4 Å². The highest BCUT2D eigenvalue weighted by atomic mass is 127. The number of guanidine groups is 1. The molecule has 1 aromatic heterocycles. The van der Waals surface area contributed by atoms with Crippen molar-refractivity contribution >= 4 is 41.5 Å². The van der Waals surface area contributed by atoms with Crippen molar-refractivity contribution < 1.29 is 9.53 Å². The molecule has 9 heteroatoms. The number of aryl methyl sites for hydroxylation is 1. The quantitative estimate of drug-likeness (QED) is 0.277. The third-order valence-corrected chi connectivity index (χ3v) is 3.93. The number of hydrogen-bond acceptors (Lipinski definition) is 4. The van der Waals surface area contributed by atoms with E-state index in [1.807, 2.05) is 18.1 Å². The summed E-state index contributed by atoms with van der Waals surface area (Å²) in [6, 6.07) is 0. The zero-order valence-electron chi connectivity index (χ0n) is 16.1. The predicted molar refractivity (Wildman–Crippen MR) is 114 cm³/mol. The first kappa shape index (κ1) is 22.7. The van der Waals surface area contributed by atoms with Gasteiger partial charge < -0.3 is 19.9 Å². The van der Waals surface area contributed by atoms with E-state index in [4.69, 9.17) is 4.74 Å². The molecule has 1 amide bonds. The second-order valence-electron chi connectivity index (χ2n) is 6.64. The van der Waals surface area contributed by atoms with Crippen LogP contribution in [0.1, 0.15) is 20.3 Å². The number of rotatable bonds is 7. The van der Waals surface area contributed by atoms with Crippen molar-refractivity contribution in [3.63, 3.8) is 0 Å². The maximum atomic E-state index is 12.5. The lowest BCUT2D eigenvalue weighted by Crippen LogP contribution is -2.55. The molecule has 1 aliphatic heterocycles. The number of hydrogen-bond donors (Lipinski definition) is 1. The summed E-state index contributed by atoms with van der Waals surface area (Å²) in [7, 11) is 3.59. The molecule has 0 unspecified atom stereocenters. The van der Waals surface area contributed by atoms with Gasteiger partial charge in [-0.05, 0) is 12.3 Å². The van der Waals surface area contributed by atoms with Gasteiger partial charge in [0.25, 0.3) is 0 Å². The number of piperazine rings is 1. The van der Waals surface area contributed by atoms with Crippen LogP contribution in [0.2, 0.25) is 0 Å². The normalized spacial score (nSPS) is 15.4. The Balaban J connectivity index is 0.00000338. The van der Waals surface area contributed by atoms with Crippen molar-refractivity contribution in [1.29, 1.82) is 0 Å². The van der Waals surface area contributed by atoms with E-state index >= 15 is 0 Å². The van der Waals surface area contributed by atoms with E-state index in [1.165, 1.54) is 0 Å². The first-order valence-corrected chi connectivity index (χ1v) is 8.83. The van der Waals surface area contributed by atoms with Crippen LogP contribution < -0.4 is 10.2 Å². The van der Waals surface area contributed by atoms with E-state index in [9.17, 15) is 4.79 Å². The van der Waals surface area contributed by atoms with Gasteiger partial charge in [-0.1, -0.05) is 13.8 Å². The number of amides is 1. The maximum Gasteiger partial charge on any atom is 0.246 e. The van der Waals surface area contributed by atoms with Gasteiger partial charge >= 0.3 is 0 Å². The first-order chi connectivity index (χ1) is 12.0. The summed E-state index contributed by atoms with van der Waals surface area (Å²) < 4.78 is 7.28. The zero-order chi connectivity index (χ0) is 18.2. The molecule has 1 aliphatic rings. The van der Waals surface area contributed by atoms with Crippen LogP contribution in [0.5, 0.6) is 0 Å². The molecule has 148 valence electrons. The zero-order valence-corrected chi connectivity index (χ0v) is 18.5. The largest absolute Gasteiger partial charge is 0.381 e. The fraction of sp³-hybridized carbons (Fsp3) is 0.706. The molecule has 1 aromatic rings. The number of carbonyl (C=O) groups excluding carboxylic acids is 1. The molecule has 2 heterocycles. The van der Waals surface area contributed by atoms with Crippen LogP contribution in [0, 0.1) is 5.92 Å². The molecule has 0 atom stereocenters. The highest BCUT2D eigenvalue weighted by molar-refractivity contribution is 14.0. The lowest BCUT2D eigenvalue weighted by molar-refractivity contribution is -0.120. The molecular formula is C17H31IN6O2. The highest BCUT2D eigenvalue weighted by Gasteiger charge is 2.27. The van der Waals surface area contributed by atoms with Crippen molar-refractivity contribution in [2.75, 3.05) is 51.3 Å². The Hall–Kier alpha value is -1.36. The van der Waals surface area contributed by atoms with Gasteiger partial charge in [-0.2, -0.15) is 5.10 Å². The van der Waals surface area contributed by atoms with Crippen molar-refractivity contribution in [3.05, 3.63) is 12.4 Å². The number of nitrogens with one attached hydrogen (secondary N) is 1. The van der Waals surface area contributed by atoms with Gasteiger partial charge in [0.1, 0.15) is 6.54 Å². The van der Waals surface area contributed by atoms with Gasteiger partial charge in [0.05, 0.1) is 11.9 Å². The molecule has 1 N–H and O–H groups in total. The number of ether oxygens (including phenoxy) is 1. The fourth-order valence-corrected chi connectivity index (χ4v) is 2.70. The van der Waals surface area contributed by atoms with Crippen LogP contribution in [-0.2, 0) is 16.6 Å². The van der Waals surface area contributed by atoms with Crippen LogP contribution in [0.4, 0.5) is 5.69 Å². The van der Waals surface area contributed by atoms with E-state index in [2.05, 4.69) is 29.3 Å². The number of anilines is 1. The number of halogens is 1. The summed E-state index contributed by atoms with van der Waals surface area (Å²) in [5, 5.41) is 7.45. The molecule has 0 aliphatic carbocycles. The Bertz CT molecular complexity index is 590. The summed E-state index contributed by atoms with van der Waals surface area (Å²) in [6.07, 6.45) is 4.49. The number of aromatic nitrogens is 2. The van der Waals surface area contributed by atoms with Crippen molar-refractivity contribution in [2.24, 2.45) is 18.0 Å². The van der Waals surface area contributed by atoms with Crippen molar-refractivity contribution in [3.8, 4) is 0 Å². The lowest BCUT2D eigenvalue weighted by Gasteiger charge is -2.35. The minimum Gasteiger partial charge on any atom is -0.381 e. The van der Waals surface area contributed by atoms with Gasteiger partial charge in [0, 0.05) is 53.1 Å². The molecule has 26 heavy (non-hydrogen) atoms. The SMILES string of the molecule is CN=C(NCCCOCC(C)C)N1CCN(c2cnn(C)c2)C(=O)C1.I. The van der Waals surface area contributed by atoms with Gasteiger partial charge in [0.15, 0.2) is 5.96 Å². The van der Waals surface area contributed by atoms with Gasteiger partial charge in [-0.15, -0.1) is 24.0 Å². The molecule has 0 aromatic carbocycles. The molecular weight excluding hydrogens is 447 g/mol. The second-order valence-corrected chi connectivity index (χ2v) is 6.64. The second kappa shape index (κ2) is 11.4. The van der Waals surface area contributed by atoms with E-state index in [0.29, 0.717) is 19.0 Å². The van der Waals surface area contributed by atoms with E-state index in [0.717, 1.165) is 44.4 Å². The topological polar surface area (TPSA) is 75.0 Å². The Labute approximate surface area is 173 Å². The third-order valence-electron chi connectivity index (χ3n) is 3.93. The van der Waals surface area contributed by atoms with E-state index in [-0.39, 0.29) is 29.9 Å². The molecule has 0 bridgehead atoms. The fourth-order valence-electron chi connectivity index (χ4n) is 2.70. The summed E-state index contributed by atoms with van der Waals surface area (Å²) in [5.74, 6) is 1.38. The van der Waals surface area contributed by atoms with Crippen molar-refractivity contribution in [2.45, 2.75) is 20.3 Å². The molecule has 0 spiro atoms. The minimum atomic E-state index is 0. The predicted octanol–water partition coefficient (Wildman–Crippen LogP) is 1.32. The average molecular weight is 478 g/mol. The average Bonchev–Trinajstić information content (AvgIpc) is 3.00. The number of nitrogens with zero attached hydrogens (tertiary/aromatic N) is 5. The summed E-state index contributed by atoms with van der Waals surface area (Å²) in [6.45, 7) is 8.27. The van der Waals surface area contributed by atoms with Crippen LogP contribution in [0.25, 0.3) is 0 Å². The van der Waals surface area contributed by atoms with E-state index < -0.39 is 0 Å². The molecule has 2 rings (SSSR count). The molecule has 0 saturated carbocycles. The Morgan fingerprint density at radius 2 is 2.19 bits per heavy atom.